The van der Waals surface area contributed by atoms with E-state index in [2.05, 4.69) is 0 Å². The Morgan fingerprint density at radius 1 is 1.60 bits per heavy atom. The Hall–Kier alpha value is -0.870. The third kappa shape index (κ3) is 1.17. The average Bonchev–Trinajstić information content (AvgIpc) is 2.33. The molecule has 2 N–H and O–H groups in total. The van der Waals surface area contributed by atoms with Crippen LogP contribution in [0.25, 0.3) is 0 Å². The molecule has 1 aromatic rings. The minimum absolute atomic E-state index is 0.201. The second kappa shape index (κ2) is 2.81. The normalized spacial score (nSPS) is 9.70. The first-order chi connectivity index (χ1) is 4.75. The zero-order chi connectivity index (χ0) is 7.56. The molecule has 0 aliphatic heterocycles. The van der Waals surface area contributed by atoms with Crippen molar-refractivity contribution in [3.05, 3.63) is 21.9 Å². The van der Waals surface area contributed by atoms with Gasteiger partial charge >= 0.3 is 5.97 Å². The molecule has 1 heterocycles. The summed E-state index contributed by atoms with van der Waals surface area (Å²) in [5, 5.41) is 20.2. The molecule has 0 aromatic carbocycles. The predicted molar refractivity (Wildman–Crippen MR) is 37.2 cm³/mol. The number of hydrogen-bond acceptors (Lipinski definition) is 3. The summed E-state index contributed by atoms with van der Waals surface area (Å²) in [6, 6.07) is 0. The Bertz CT molecular complexity index is 241. The van der Waals surface area contributed by atoms with Gasteiger partial charge in [-0.1, -0.05) is 0 Å². The van der Waals surface area contributed by atoms with E-state index in [1.807, 2.05) is 0 Å². The van der Waals surface area contributed by atoms with E-state index in [9.17, 15) is 4.79 Å². The number of aliphatic hydroxyl groups excluding tert-OH is 1. The summed E-state index contributed by atoms with van der Waals surface area (Å²) in [4.78, 5) is 10.3. The Balaban J connectivity index is 3.01. The molecule has 4 heteroatoms. The summed E-state index contributed by atoms with van der Waals surface area (Å²) in [7, 11) is 0. The monoisotopic (exact) mass is 158 g/mol. The number of aliphatic hydroxyl groups is 1. The van der Waals surface area contributed by atoms with Gasteiger partial charge in [0.25, 0.3) is 0 Å². The van der Waals surface area contributed by atoms with Crippen LogP contribution in [-0.4, -0.2) is 16.2 Å². The van der Waals surface area contributed by atoms with Crippen molar-refractivity contribution in [2.45, 2.75) is 6.61 Å². The summed E-state index contributed by atoms with van der Waals surface area (Å²) in [6.45, 7) is -0.203. The quantitative estimate of drug-likeness (QED) is 0.673. The Morgan fingerprint density at radius 2 is 2.30 bits per heavy atom. The van der Waals surface area contributed by atoms with E-state index in [1.54, 1.807) is 5.38 Å². The van der Waals surface area contributed by atoms with Crippen LogP contribution < -0.4 is 0 Å². The van der Waals surface area contributed by atoms with Gasteiger partial charge in [0.1, 0.15) is 0 Å². The van der Waals surface area contributed by atoms with Crippen LogP contribution in [0.4, 0.5) is 0 Å². The fraction of sp³-hybridized carbons (Fsp3) is 0.167. The minimum atomic E-state index is -0.981. The van der Waals surface area contributed by atoms with E-state index >= 15 is 0 Å². The van der Waals surface area contributed by atoms with Crippen molar-refractivity contribution in [2.75, 3.05) is 0 Å². The topological polar surface area (TPSA) is 57.5 Å². The lowest BCUT2D eigenvalue weighted by Crippen LogP contribution is -1.97. The number of hydrogen-bond donors (Lipinski definition) is 2. The van der Waals surface area contributed by atoms with E-state index in [-0.39, 0.29) is 12.2 Å². The second-order valence-electron chi connectivity index (χ2n) is 1.77. The predicted octanol–water partition coefficient (Wildman–Crippen LogP) is 0.939. The highest BCUT2D eigenvalue weighted by Crippen LogP contribution is 2.14. The molecule has 1 aromatic heterocycles. The van der Waals surface area contributed by atoms with Crippen LogP contribution in [0.2, 0.25) is 0 Å². The smallest absolute Gasteiger partial charge is 0.336 e. The highest BCUT2D eigenvalue weighted by atomic mass is 32.1. The zero-order valence-corrected chi connectivity index (χ0v) is 5.89. The van der Waals surface area contributed by atoms with Crippen LogP contribution in [0.1, 0.15) is 15.9 Å². The SMILES string of the molecule is O=C(O)c1cscc1CO. The van der Waals surface area contributed by atoms with Crippen molar-refractivity contribution >= 4 is 17.3 Å². The van der Waals surface area contributed by atoms with Crippen molar-refractivity contribution < 1.29 is 15.0 Å². The molecule has 0 unspecified atom stereocenters. The summed E-state index contributed by atoms with van der Waals surface area (Å²) in [6.07, 6.45) is 0. The van der Waals surface area contributed by atoms with Crippen LogP contribution in [0.15, 0.2) is 10.8 Å². The van der Waals surface area contributed by atoms with Crippen molar-refractivity contribution in [3.63, 3.8) is 0 Å². The number of rotatable bonds is 2. The van der Waals surface area contributed by atoms with Gasteiger partial charge in [0, 0.05) is 10.9 Å². The third-order valence-electron chi connectivity index (χ3n) is 1.14. The summed E-state index contributed by atoms with van der Waals surface area (Å²) < 4.78 is 0. The summed E-state index contributed by atoms with van der Waals surface area (Å²) >= 11 is 1.28. The van der Waals surface area contributed by atoms with Gasteiger partial charge in [-0.05, 0) is 5.38 Å². The molecular weight excluding hydrogens is 152 g/mol. The Morgan fingerprint density at radius 3 is 2.70 bits per heavy atom. The number of carboxylic acid groups (broad SMARTS) is 1. The minimum Gasteiger partial charge on any atom is -0.478 e. The number of carbonyl (C=O) groups is 1. The molecule has 0 aliphatic rings. The van der Waals surface area contributed by atoms with Gasteiger partial charge < -0.3 is 10.2 Å². The fourth-order valence-corrected chi connectivity index (χ4v) is 1.46. The van der Waals surface area contributed by atoms with E-state index < -0.39 is 5.97 Å². The van der Waals surface area contributed by atoms with Crippen LogP contribution >= 0.6 is 11.3 Å². The molecule has 0 atom stereocenters. The number of aromatic carboxylic acids is 1. The third-order valence-corrected chi connectivity index (χ3v) is 1.94. The molecule has 0 saturated heterocycles. The molecule has 54 valence electrons. The molecule has 10 heavy (non-hydrogen) atoms. The van der Waals surface area contributed by atoms with Crippen molar-refractivity contribution in [1.29, 1.82) is 0 Å². The summed E-state index contributed by atoms with van der Waals surface area (Å²) in [5.41, 5.74) is 0.685. The van der Waals surface area contributed by atoms with E-state index in [1.165, 1.54) is 16.7 Å². The van der Waals surface area contributed by atoms with Gasteiger partial charge in [-0.15, -0.1) is 0 Å². The molecule has 0 aliphatic carbocycles. The van der Waals surface area contributed by atoms with Gasteiger partial charge in [-0.3, -0.25) is 0 Å². The maximum Gasteiger partial charge on any atom is 0.336 e. The maximum atomic E-state index is 10.3. The van der Waals surface area contributed by atoms with Crippen molar-refractivity contribution in [1.82, 2.24) is 0 Å². The van der Waals surface area contributed by atoms with Crippen molar-refractivity contribution in [2.24, 2.45) is 0 Å². The van der Waals surface area contributed by atoms with Crippen LogP contribution in [0, 0.1) is 0 Å². The second-order valence-corrected chi connectivity index (χ2v) is 2.52. The van der Waals surface area contributed by atoms with Crippen LogP contribution in [-0.2, 0) is 6.61 Å². The first-order valence-electron chi connectivity index (χ1n) is 2.65. The van der Waals surface area contributed by atoms with Gasteiger partial charge in [0.15, 0.2) is 0 Å². The molecule has 0 amide bonds. The first-order valence-corrected chi connectivity index (χ1v) is 3.59. The molecule has 3 nitrogen and oxygen atoms in total. The van der Waals surface area contributed by atoms with E-state index in [0.29, 0.717) is 5.56 Å². The summed E-state index contributed by atoms with van der Waals surface area (Å²) in [5.74, 6) is -0.981. The molecule has 0 spiro atoms. The van der Waals surface area contributed by atoms with Gasteiger partial charge in [0.2, 0.25) is 0 Å². The number of carboxylic acids is 1. The molecule has 0 fully saturated rings. The highest BCUT2D eigenvalue weighted by molar-refractivity contribution is 7.08. The van der Waals surface area contributed by atoms with Crippen LogP contribution in [0.5, 0.6) is 0 Å². The van der Waals surface area contributed by atoms with Gasteiger partial charge in [0.05, 0.1) is 12.2 Å². The fourth-order valence-electron chi connectivity index (χ4n) is 0.634. The molecule has 0 saturated carbocycles. The lowest BCUT2D eigenvalue weighted by atomic mass is 10.2. The van der Waals surface area contributed by atoms with E-state index in [0.717, 1.165) is 0 Å². The lowest BCUT2D eigenvalue weighted by molar-refractivity contribution is 0.0694. The standard InChI is InChI=1S/C6H6O3S/c7-1-4-2-10-3-5(4)6(8)9/h2-3,7H,1H2,(H,8,9). The first kappa shape index (κ1) is 7.24. The average molecular weight is 158 g/mol. The zero-order valence-electron chi connectivity index (χ0n) is 5.07. The Labute approximate surface area is 61.6 Å². The van der Waals surface area contributed by atoms with Crippen LogP contribution in [0.3, 0.4) is 0 Å². The van der Waals surface area contributed by atoms with Gasteiger partial charge in [-0.25, -0.2) is 4.79 Å². The largest absolute Gasteiger partial charge is 0.478 e. The highest BCUT2D eigenvalue weighted by Gasteiger charge is 2.08. The maximum absolute atomic E-state index is 10.3. The van der Waals surface area contributed by atoms with Gasteiger partial charge in [-0.2, -0.15) is 11.3 Å². The Kier molecular flexibility index (Phi) is 2.03. The molecule has 1 rings (SSSR count). The molecule has 0 radical (unpaired) electrons. The molecule has 0 bridgehead atoms. The molecular formula is C6H6O3S. The van der Waals surface area contributed by atoms with E-state index in [4.69, 9.17) is 10.2 Å². The number of thiophene rings is 1. The lowest BCUT2D eigenvalue weighted by Gasteiger charge is -1.91. The van der Waals surface area contributed by atoms with Crippen molar-refractivity contribution in [3.8, 4) is 0 Å².